The van der Waals surface area contributed by atoms with Gasteiger partial charge in [-0.15, -0.1) is 0 Å². The maximum atomic E-state index is 10.1. The van der Waals surface area contributed by atoms with Crippen LogP contribution >= 0.6 is 11.6 Å². The number of aryl methyl sites for hydroxylation is 1. The first-order valence-corrected chi connectivity index (χ1v) is 9.20. The van der Waals surface area contributed by atoms with Crippen molar-refractivity contribution < 1.29 is 25.2 Å². The summed E-state index contributed by atoms with van der Waals surface area (Å²) in [5.41, 5.74) is 3.70. The van der Waals surface area contributed by atoms with E-state index in [0.29, 0.717) is 17.0 Å². The van der Waals surface area contributed by atoms with Gasteiger partial charge in [-0.3, -0.25) is 0 Å². The third-order valence-electron chi connectivity index (χ3n) is 4.70. The molecule has 1 heterocycles. The molecule has 1 unspecified atom stereocenters. The Morgan fingerprint density at radius 2 is 1.74 bits per heavy atom. The summed E-state index contributed by atoms with van der Waals surface area (Å²) in [6.45, 7) is 7.35. The molecule has 148 valence electrons. The quantitative estimate of drug-likeness (QED) is 0.554. The van der Waals surface area contributed by atoms with Crippen LogP contribution in [0, 0.1) is 6.92 Å². The van der Waals surface area contributed by atoms with Gasteiger partial charge in [-0.2, -0.15) is 0 Å². The van der Waals surface area contributed by atoms with Gasteiger partial charge in [0.05, 0.1) is 6.61 Å². The molecule has 27 heavy (non-hydrogen) atoms. The summed E-state index contributed by atoms with van der Waals surface area (Å²) in [6.07, 6.45) is -2.11. The monoisotopic (exact) mass is 394 g/mol. The SMILES string of the molecule is C=C(/C=C\C(Cl)=C(/C)Cc1ccc(C)cc1)[C@@H]1OC(CO)[C@@H](O)[C@H](O)[C@H]1O. The lowest BCUT2D eigenvalue weighted by Gasteiger charge is -2.40. The first kappa shape index (κ1) is 21.8. The summed E-state index contributed by atoms with van der Waals surface area (Å²) in [7, 11) is 0. The molecule has 0 amide bonds. The summed E-state index contributed by atoms with van der Waals surface area (Å²) < 4.78 is 5.47. The van der Waals surface area contributed by atoms with Gasteiger partial charge in [0, 0.05) is 5.03 Å². The number of aliphatic hydroxyl groups excluding tert-OH is 4. The van der Waals surface area contributed by atoms with Gasteiger partial charge in [0.25, 0.3) is 0 Å². The molecule has 1 aliphatic rings. The number of allylic oxidation sites excluding steroid dienone is 3. The third-order valence-corrected chi connectivity index (χ3v) is 5.15. The molecule has 6 heteroatoms. The first-order valence-electron chi connectivity index (χ1n) is 8.82. The largest absolute Gasteiger partial charge is 0.394 e. The lowest BCUT2D eigenvalue weighted by molar-refractivity contribution is -0.218. The second kappa shape index (κ2) is 9.64. The highest BCUT2D eigenvalue weighted by Crippen LogP contribution is 2.26. The lowest BCUT2D eigenvalue weighted by Crippen LogP contribution is -2.58. The maximum Gasteiger partial charge on any atom is 0.113 e. The van der Waals surface area contributed by atoms with E-state index in [4.69, 9.17) is 16.3 Å². The molecule has 1 aromatic rings. The maximum absolute atomic E-state index is 10.1. The Bertz CT molecular complexity index is 708. The Morgan fingerprint density at radius 3 is 2.33 bits per heavy atom. The second-order valence-corrected chi connectivity index (χ2v) is 7.36. The number of hydrogen-bond acceptors (Lipinski definition) is 5. The Hall–Kier alpha value is -1.47. The smallest absolute Gasteiger partial charge is 0.113 e. The predicted molar refractivity (Wildman–Crippen MR) is 105 cm³/mol. The fourth-order valence-electron chi connectivity index (χ4n) is 2.92. The summed E-state index contributed by atoms with van der Waals surface area (Å²) in [5.74, 6) is 0. The van der Waals surface area contributed by atoms with Crippen molar-refractivity contribution in [2.75, 3.05) is 6.61 Å². The number of halogens is 1. The van der Waals surface area contributed by atoms with E-state index in [1.165, 1.54) is 5.56 Å². The van der Waals surface area contributed by atoms with Crippen LogP contribution in [0.3, 0.4) is 0 Å². The van der Waals surface area contributed by atoms with Gasteiger partial charge in [-0.25, -0.2) is 0 Å². The molecule has 1 aliphatic heterocycles. The minimum absolute atomic E-state index is 0.383. The Kier molecular flexibility index (Phi) is 7.79. The molecule has 0 bridgehead atoms. The van der Waals surface area contributed by atoms with E-state index in [1.54, 1.807) is 12.2 Å². The van der Waals surface area contributed by atoms with Crippen LogP contribution in [0.15, 0.2) is 59.2 Å². The molecule has 1 saturated heterocycles. The van der Waals surface area contributed by atoms with Crippen molar-refractivity contribution >= 4 is 11.6 Å². The number of hydrogen-bond donors (Lipinski definition) is 4. The average molecular weight is 395 g/mol. The molecule has 0 aliphatic carbocycles. The second-order valence-electron chi connectivity index (χ2n) is 6.95. The van der Waals surface area contributed by atoms with Crippen LogP contribution in [0.1, 0.15) is 18.1 Å². The zero-order valence-electron chi connectivity index (χ0n) is 15.5. The van der Waals surface area contributed by atoms with Crippen molar-refractivity contribution in [1.82, 2.24) is 0 Å². The van der Waals surface area contributed by atoms with Crippen LogP contribution in [0.5, 0.6) is 0 Å². The number of aliphatic hydroxyl groups is 4. The van der Waals surface area contributed by atoms with E-state index in [1.807, 2.05) is 26.0 Å². The molecule has 0 saturated carbocycles. The van der Waals surface area contributed by atoms with Crippen molar-refractivity contribution in [1.29, 1.82) is 0 Å². The minimum Gasteiger partial charge on any atom is -0.394 e. The number of rotatable bonds is 6. The van der Waals surface area contributed by atoms with Gasteiger partial charge in [0.2, 0.25) is 0 Å². The summed E-state index contributed by atoms with van der Waals surface area (Å²) in [4.78, 5) is 0. The lowest BCUT2D eigenvalue weighted by atomic mass is 9.91. The fourth-order valence-corrected chi connectivity index (χ4v) is 3.05. The molecular formula is C21H27ClO5. The molecule has 4 N–H and O–H groups in total. The van der Waals surface area contributed by atoms with Crippen LogP contribution in [0.25, 0.3) is 0 Å². The summed E-state index contributed by atoms with van der Waals surface area (Å²) >= 11 is 6.36. The molecule has 2 rings (SSSR count). The molecule has 0 radical (unpaired) electrons. The van der Waals surface area contributed by atoms with E-state index >= 15 is 0 Å². The molecule has 0 spiro atoms. The van der Waals surface area contributed by atoms with Gasteiger partial charge >= 0.3 is 0 Å². The molecule has 5 atom stereocenters. The van der Waals surface area contributed by atoms with Gasteiger partial charge in [0.1, 0.15) is 30.5 Å². The zero-order chi connectivity index (χ0) is 20.1. The predicted octanol–water partition coefficient (Wildman–Crippen LogP) is 2.01. The van der Waals surface area contributed by atoms with Gasteiger partial charge < -0.3 is 25.2 Å². The highest BCUT2D eigenvalue weighted by atomic mass is 35.5. The van der Waals surface area contributed by atoms with Gasteiger partial charge in [-0.05, 0) is 37.5 Å². The third kappa shape index (κ3) is 5.51. The molecule has 1 fully saturated rings. The Balaban J connectivity index is 2.06. The van der Waals surface area contributed by atoms with Crippen molar-refractivity contribution in [2.24, 2.45) is 0 Å². The number of benzene rings is 1. The van der Waals surface area contributed by atoms with Crippen molar-refractivity contribution in [3.63, 3.8) is 0 Å². The standard InChI is InChI=1S/C21H27ClO5/c1-12-4-7-15(8-5-12)10-14(3)16(22)9-6-13(2)21-20(26)19(25)18(24)17(11-23)27-21/h4-9,17-21,23-26H,2,10-11H2,1,3H3/b9-6-,16-14-/t17?,18-,19+,20-,21+/m1/s1. The van der Waals surface area contributed by atoms with Crippen LogP contribution in [-0.2, 0) is 11.2 Å². The molecule has 5 nitrogen and oxygen atoms in total. The molecule has 0 aromatic heterocycles. The van der Waals surface area contributed by atoms with Crippen LogP contribution in [-0.4, -0.2) is 57.6 Å². The minimum atomic E-state index is -1.43. The van der Waals surface area contributed by atoms with E-state index in [2.05, 4.69) is 18.7 Å². The number of ether oxygens (including phenoxy) is 1. The summed E-state index contributed by atoms with van der Waals surface area (Å²) in [5, 5.41) is 39.6. The van der Waals surface area contributed by atoms with E-state index < -0.39 is 37.1 Å². The van der Waals surface area contributed by atoms with Crippen molar-refractivity contribution in [3.05, 3.63) is 70.3 Å². The average Bonchev–Trinajstić information content (AvgIpc) is 2.66. The first-order chi connectivity index (χ1) is 12.7. The Labute approximate surface area is 164 Å². The highest BCUT2D eigenvalue weighted by Gasteiger charge is 2.43. The summed E-state index contributed by atoms with van der Waals surface area (Å²) in [6, 6.07) is 8.21. The molecular weight excluding hydrogens is 368 g/mol. The van der Waals surface area contributed by atoms with Crippen LogP contribution < -0.4 is 0 Å². The molecule has 1 aromatic carbocycles. The fraction of sp³-hybridized carbons (Fsp3) is 0.429. The normalized spacial score (nSPS) is 29.7. The Morgan fingerprint density at radius 1 is 1.11 bits per heavy atom. The van der Waals surface area contributed by atoms with Crippen molar-refractivity contribution in [3.8, 4) is 0 Å². The van der Waals surface area contributed by atoms with Crippen LogP contribution in [0.2, 0.25) is 0 Å². The van der Waals surface area contributed by atoms with E-state index in [-0.39, 0.29) is 0 Å². The zero-order valence-corrected chi connectivity index (χ0v) is 16.3. The highest BCUT2D eigenvalue weighted by molar-refractivity contribution is 6.31. The van der Waals surface area contributed by atoms with Gasteiger partial charge in [-0.1, -0.05) is 59.7 Å². The van der Waals surface area contributed by atoms with E-state index in [0.717, 1.165) is 11.1 Å². The van der Waals surface area contributed by atoms with Crippen LogP contribution in [0.4, 0.5) is 0 Å². The van der Waals surface area contributed by atoms with E-state index in [9.17, 15) is 20.4 Å². The van der Waals surface area contributed by atoms with Gasteiger partial charge in [0.15, 0.2) is 0 Å². The van der Waals surface area contributed by atoms with Crippen molar-refractivity contribution in [2.45, 2.75) is 50.8 Å². The topological polar surface area (TPSA) is 90.2 Å².